The van der Waals surface area contributed by atoms with Gasteiger partial charge in [0.25, 0.3) is 11.8 Å². The van der Waals surface area contributed by atoms with Crippen LogP contribution < -0.4 is 30.2 Å². The van der Waals surface area contributed by atoms with Crippen LogP contribution >= 0.6 is 0 Å². The first kappa shape index (κ1) is 26.0. The summed E-state index contributed by atoms with van der Waals surface area (Å²) in [6, 6.07) is 10.4. The van der Waals surface area contributed by atoms with Crippen LogP contribution in [0.2, 0.25) is 0 Å². The van der Waals surface area contributed by atoms with E-state index in [-0.39, 0.29) is 23.7 Å². The van der Waals surface area contributed by atoms with Gasteiger partial charge in [-0.15, -0.1) is 0 Å². The maximum absolute atomic E-state index is 12.4. The zero-order valence-corrected chi connectivity index (χ0v) is 19.3. The van der Waals surface area contributed by atoms with Gasteiger partial charge in [0.1, 0.15) is 5.75 Å². The van der Waals surface area contributed by atoms with E-state index in [0.29, 0.717) is 18.0 Å². The van der Waals surface area contributed by atoms with Gasteiger partial charge < -0.3 is 29.6 Å². The minimum atomic E-state index is -1.21. The minimum absolute atomic E-state index is 0.0836. The molecule has 0 aromatic heterocycles. The van der Waals surface area contributed by atoms with Crippen molar-refractivity contribution in [3.63, 3.8) is 0 Å². The second-order valence-corrected chi connectivity index (χ2v) is 6.80. The second-order valence-electron chi connectivity index (χ2n) is 6.80. The van der Waals surface area contributed by atoms with Crippen LogP contribution in [0.15, 0.2) is 42.5 Å². The highest BCUT2D eigenvalue weighted by molar-refractivity contribution is 5.98. The monoisotopic (exact) mass is 473 g/mol. The van der Waals surface area contributed by atoms with Crippen LogP contribution in [0.1, 0.15) is 24.2 Å². The Morgan fingerprint density at radius 1 is 0.941 bits per heavy atom. The molecule has 2 aromatic carbocycles. The molecule has 34 heavy (non-hydrogen) atoms. The van der Waals surface area contributed by atoms with E-state index in [1.54, 1.807) is 31.2 Å². The van der Waals surface area contributed by atoms with Crippen LogP contribution in [0.3, 0.4) is 0 Å². The number of methoxy groups -OCH3 is 2. The van der Waals surface area contributed by atoms with E-state index in [9.17, 15) is 19.2 Å². The quantitative estimate of drug-likeness (QED) is 0.446. The van der Waals surface area contributed by atoms with Gasteiger partial charge in [0, 0.05) is 6.54 Å². The molecule has 0 aliphatic rings. The lowest BCUT2D eigenvalue weighted by Gasteiger charge is -2.15. The topological polar surface area (TPSA) is 141 Å². The lowest BCUT2D eigenvalue weighted by molar-refractivity contribution is -0.127. The van der Waals surface area contributed by atoms with Crippen LogP contribution in [0, 0.1) is 0 Å². The molecule has 2 rings (SSSR count). The Bertz CT molecular complexity index is 1040. The first-order valence-corrected chi connectivity index (χ1v) is 10.3. The summed E-state index contributed by atoms with van der Waals surface area (Å²) < 4.78 is 21.0. The van der Waals surface area contributed by atoms with E-state index in [0.717, 1.165) is 0 Å². The first-order chi connectivity index (χ1) is 16.3. The average Bonchev–Trinajstić information content (AvgIpc) is 2.82. The van der Waals surface area contributed by atoms with Crippen molar-refractivity contribution in [2.24, 2.45) is 0 Å². The standard InChI is InChI=1S/C23H27N3O8/c1-5-24-23(30)26-21(28)14(2)34-22(29)15-10-11-18(19(12-15)32-4)33-13-20(27)25-16-8-6-7-9-17(16)31-3/h6-12,14H,5,13H2,1-4H3,(H,25,27)(H2,24,26,28,30). The van der Waals surface area contributed by atoms with E-state index in [4.69, 9.17) is 18.9 Å². The highest BCUT2D eigenvalue weighted by Gasteiger charge is 2.22. The van der Waals surface area contributed by atoms with Crippen LogP contribution in [0.4, 0.5) is 10.5 Å². The van der Waals surface area contributed by atoms with Gasteiger partial charge in [-0.1, -0.05) is 12.1 Å². The summed E-state index contributed by atoms with van der Waals surface area (Å²) in [4.78, 5) is 48.0. The number of esters is 1. The number of carbonyl (C=O) groups is 4. The molecule has 0 bridgehead atoms. The summed E-state index contributed by atoms with van der Waals surface area (Å²) in [6.07, 6.45) is -1.21. The van der Waals surface area contributed by atoms with E-state index in [1.165, 1.54) is 39.3 Å². The number of para-hydroxylation sites is 2. The Hall–Kier alpha value is -4.28. The second kappa shape index (κ2) is 12.7. The summed E-state index contributed by atoms with van der Waals surface area (Å²) >= 11 is 0. The summed E-state index contributed by atoms with van der Waals surface area (Å²) in [5.41, 5.74) is 0.578. The maximum atomic E-state index is 12.4. The van der Waals surface area contributed by atoms with E-state index in [1.807, 2.05) is 0 Å². The Morgan fingerprint density at radius 2 is 1.65 bits per heavy atom. The molecule has 0 saturated carbocycles. The molecule has 3 N–H and O–H groups in total. The molecular weight excluding hydrogens is 446 g/mol. The van der Waals surface area contributed by atoms with Crippen molar-refractivity contribution in [2.45, 2.75) is 20.0 Å². The number of urea groups is 1. The van der Waals surface area contributed by atoms with Gasteiger partial charge in [-0.05, 0) is 44.2 Å². The molecule has 2 aromatic rings. The zero-order chi connectivity index (χ0) is 25.1. The fourth-order valence-corrected chi connectivity index (χ4v) is 2.69. The van der Waals surface area contributed by atoms with Gasteiger partial charge in [0.05, 0.1) is 25.5 Å². The van der Waals surface area contributed by atoms with Crippen molar-refractivity contribution in [1.82, 2.24) is 10.6 Å². The van der Waals surface area contributed by atoms with Gasteiger partial charge in [-0.3, -0.25) is 14.9 Å². The smallest absolute Gasteiger partial charge is 0.339 e. The number of nitrogens with one attached hydrogen (secondary N) is 3. The normalized spacial score (nSPS) is 10.9. The van der Waals surface area contributed by atoms with Crippen molar-refractivity contribution >= 4 is 29.5 Å². The van der Waals surface area contributed by atoms with Crippen LogP contribution in [0.25, 0.3) is 0 Å². The van der Waals surface area contributed by atoms with Crippen molar-refractivity contribution in [3.05, 3.63) is 48.0 Å². The number of benzene rings is 2. The highest BCUT2D eigenvalue weighted by atomic mass is 16.5. The van der Waals surface area contributed by atoms with Crippen LogP contribution in [-0.4, -0.2) is 57.3 Å². The average molecular weight is 473 g/mol. The Morgan fingerprint density at radius 3 is 2.32 bits per heavy atom. The minimum Gasteiger partial charge on any atom is -0.495 e. The SMILES string of the molecule is CCNC(=O)NC(=O)C(C)OC(=O)c1ccc(OCC(=O)Nc2ccccc2OC)c(OC)c1. The molecule has 0 radical (unpaired) electrons. The predicted molar refractivity (Wildman–Crippen MR) is 122 cm³/mol. The van der Waals surface area contributed by atoms with Gasteiger partial charge >= 0.3 is 12.0 Å². The van der Waals surface area contributed by atoms with Gasteiger partial charge in [0.2, 0.25) is 0 Å². The number of hydrogen-bond donors (Lipinski definition) is 3. The molecule has 4 amide bonds. The molecule has 1 unspecified atom stereocenters. The number of amides is 4. The van der Waals surface area contributed by atoms with E-state index < -0.39 is 29.9 Å². The fraction of sp³-hybridized carbons (Fsp3) is 0.304. The predicted octanol–water partition coefficient (Wildman–Crippen LogP) is 2.11. The number of rotatable bonds is 10. The van der Waals surface area contributed by atoms with Crippen molar-refractivity contribution in [3.8, 4) is 17.2 Å². The molecule has 1 atom stereocenters. The number of ether oxygens (including phenoxy) is 4. The molecule has 0 spiro atoms. The molecule has 11 nitrogen and oxygen atoms in total. The molecule has 0 heterocycles. The Balaban J connectivity index is 1.97. The van der Waals surface area contributed by atoms with Gasteiger partial charge in [0.15, 0.2) is 24.2 Å². The number of hydrogen-bond acceptors (Lipinski definition) is 8. The molecule has 0 fully saturated rings. The number of carbonyl (C=O) groups excluding carboxylic acids is 4. The molecule has 0 aliphatic carbocycles. The maximum Gasteiger partial charge on any atom is 0.339 e. The third-order valence-electron chi connectivity index (χ3n) is 4.37. The number of imide groups is 1. The van der Waals surface area contributed by atoms with Crippen LogP contribution in [0.5, 0.6) is 17.2 Å². The van der Waals surface area contributed by atoms with E-state index in [2.05, 4.69) is 16.0 Å². The highest BCUT2D eigenvalue weighted by Crippen LogP contribution is 2.29. The molecule has 182 valence electrons. The van der Waals surface area contributed by atoms with Gasteiger partial charge in [-0.2, -0.15) is 0 Å². The third-order valence-corrected chi connectivity index (χ3v) is 4.37. The zero-order valence-electron chi connectivity index (χ0n) is 19.3. The lowest BCUT2D eigenvalue weighted by Crippen LogP contribution is -2.44. The summed E-state index contributed by atoms with van der Waals surface area (Å²) in [7, 11) is 2.86. The largest absolute Gasteiger partial charge is 0.495 e. The van der Waals surface area contributed by atoms with Crippen molar-refractivity contribution in [2.75, 3.05) is 32.7 Å². The van der Waals surface area contributed by atoms with Crippen molar-refractivity contribution < 1.29 is 38.1 Å². The Kier molecular flexibility index (Phi) is 9.69. The first-order valence-electron chi connectivity index (χ1n) is 10.3. The summed E-state index contributed by atoms with van der Waals surface area (Å²) in [6.45, 7) is 3.04. The van der Waals surface area contributed by atoms with Gasteiger partial charge in [-0.25, -0.2) is 9.59 Å². The molecule has 0 saturated heterocycles. The molecule has 0 aliphatic heterocycles. The number of anilines is 1. The van der Waals surface area contributed by atoms with Crippen LogP contribution in [-0.2, 0) is 14.3 Å². The molecular formula is C23H27N3O8. The van der Waals surface area contributed by atoms with E-state index >= 15 is 0 Å². The molecule has 11 heteroatoms. The van der Waals surface area contributed by atoms with Crippen molar-refractivity contribution in [1.29, 1.82) is 0 Å². The Labute approximate surface area is 196 Å². The lowest BCUT2D eigenvalue weighted by atomic mass is 10.2. The third kappa shape index (κ3) is 7.40. The fourth-order valence-electron chi connectivity index (χ4n) is 2.69. The summed E-state index contributed by atoms with van der Waals surface area (Å²) in [5, 5.41) is 7.15. The summed E-state index contributed by atoms with van der Waals surface area (Å²) in [5.74, 6) is -1.10.